The molecule has 1 aliphatic carbocycles. The molecule has 0 amide bonds. The van der Waals surface area contributed by atoms with Gasteiger partial charge in [0.15, 0.2) is 0 Å². The van der Waals surface area contributed by atoms with Gasteiger partial charge in [0.05, 0.1) is 4.92 Å². The Kier molecular flexibility index (Phi) is 6.21. The first-order chi connectivity index (χ1) is 13.0. The lowest BCUT2D eigenvalue weighted by atomic mass is 10.0. The lowest BCUT2D eigenvalue weighted by Gasteiger charge is -2.17. The van der Waals surface area contributed by atoms with Crippen LogP contribution >= 0.6 is 0 Å². The minimum Gasteiger partial charge on any atom is -0.361 e. The van der Waals surface area contributed by atoms with Crippen molar-refractivity contribution in [1.29, 1.82) is 0 Å². The van der Waals surface area contributed by atoms with Crippen molar-refractivity contribution in [1.82, 2.24) is 9.97 Å². The van der Waals surface area contributed by atoms with Gasteiger partial charge >= 0.3 is 5.69 Å². The van der Waals surface area contributed by atoms with E-state index in [-0.39, 0.29) is 17.5 Å². The molecule has 7 heteroatoms. The van der Waals surface area contributed by atoms with E-state index in [1.807, 2.05) is 24.3 Å². The third-order valence-electron chi connectivity index (χ3n) is 5.04. The second kappa shape index (κ2) is 8.79. The van der Waals surface area contributed by atoms with Crippen LogP contribution in [-0.2, 0) is 0 Å². The molecule has 1 fully saturated rings. The third kappa shape index (κ3) is 4.93. The molecule has 2 N–H and O–H groups in total. The Balaban J connectivity index is 1.83. The Morgan fingerprint density at radius 1 is 1.04 bits per heavy atom. The first kappa shape index (κ1) is 19.1. The molecule has 27 heavy (non-hydrogen) atoms. The van der Waals surface area contributed by atoms with Gasteiger partial charge in [-0.2, -0.15) is 0 Å². The summed E-state index contributed by atoms with van der Waals surface area (Å²) in [6.45, 7) is 4.26. The van der Waals surface area contributed by atoms with Crippen molar-refractivity contribution in [2.24, 2.45) is 0 Å². The number of aromatic nitrogens is 2. The summed E-state index contributed by atoms with van der Waals surface area (Å²) >= 11 is 0. The first-order valence-electron chi connectivity index (χ1n) is 9.67. The molecule has 0 spiro atoms. The van der Waals surface area contributed by atoms with Crippen LogP contribution in [0.3, 0.4) is 0 Å². The Hall–Kier alpha value is -2.70. The summed E-state index contributed by atoms with van der Waals surface area (Å²) in [4.78, 5) is 19.6. The lowest BCUT2D eigenvalue weighted by Crippen LogP contribution is -2.20. The molecule has 3 rings (SSSR count). The number of hydrogen-bond donors (Lipinski definition) is 2. The minimum absolute atomic E-state index is 0.102. The number of nitro groups is 1. The van der Waals surface area contributed by atoms with Gasteiger partial charge in [0.2, 0.25) is 11.6 Å². The molecule has 2 aromatic rings. The summed E-state index contributed by atoms with van der Waals surface area (Å²) < 4.78 is 0. The number of rotatable bonds is 6. The largest absolute Gasteiger partial charge is 0.361 e. The van der Waals surface area contributed by atoms with E-state index < -0.39 is 4.92 Å². The highest BCUT2D eigenvalue weighted by Crippen LogP contribution is 2.33. The molecule has 1 heterocycles. The predicted octanol–water partition coefficient (Wildman–Crippen LogP) is 5.39. The van der Waals surface area contributed by atoms with Gasteiger partial charge in [-0.05, 0) is 36.5 Å². The molecule has 1 aromatic carbocycles. The van der Waals surface area contributed by atoms with E-state index in [2.05, 4.69) is 34.4 Å². The quantitative estimate of drug-likeness (QED) is 0.403. The van der Waals surface area contributed by atoms with Gasteiger partial charge in [-0.15, -0.1) is 0 Å². The van der Waals surface area contributed by atoms with E-state index >= 15 is 0 Å². The highest BCUT2D eigenvalue weighted by Gasteiger charge is 2.25. The normalized spacial score (nSPS) is 15.4. The second-order valence-corrected chi connectivity index (χ2v) is 7.41. The highest BCUT2D eigenvalue weighted by molar-refractivity contribution is 5.73. The summed E-state index contributed by atoms with van der Waals surface area (Å²) in [5, 5.41) is 18.1. The van der Waals surface area contributed by atoms with Crippen LogP contribution in [-0.4, -0.2) is 20.9 Å². The maximum Gasteiger partial charge on any atom is 0.353 e. The fourth-order valence-electron chi connectivity index (χ4n) is 3.45. The van der Waals surface area contributed by atoms with Crippen molar-refractivity contribution in [3.63, 3.8) is 0 Å². The topological polar surface area (TPSA) is 93.0 Å². The average Bonchev–Trinajstić information content (AvgIpc) is 2.91. The first-order valence-corrected chi connectivity index (χ1v) is 9.67. The van der Waals surface area contributed by atoms with Gasteiger partial charge in [-0.25, -0.2) is 9.97 Å². The van der Waals surface area contributed by atoms with Crippen LogP contribution in [0, 0.1) is 10.1 Å². The number of hydrogen-bond acceptors (Lipinski definition) is 6. The van der Waals surface area contributed by atoms with Gasteiger partial charge < -0.3 is 10.6 Å². The number of nitrogens with zero attached hydrogens (tertiary/aromatic N) is 3. The molecule has 0 atom stereocenters. The van der Waals surface area contributed by atoms with Gasteiger partial charge in [-0.1, -0.05) is 51.7 Å². The molecule has 0 aliphatic heterocycles. The molecule has 7 nitrogen and oxygen atoms in total. The molecule has 0 saturated heterocycles. The van der Waals surface area contributed by atoms with E-state index in [1.165, 1.54) is 24.7 Å². The van der Waals surface area contributed by atoms with Crippen LogP contribution in [0.4, 0.5) is 23.0 Å². The van der Waals surface area contributed by atoms with Crippen LogP contribution in [0.15, 0.2) is 30.6 Å². The molecule has 1 saturated carbocycles. The molecule has 0 unspecified atom stereocenters. The molecule has 1 aromatic heterocycles. The SMILES string of the molecule is CC(C)c1ccc(Nc2ncnc(NC3CCCCCC3)c2[N+](=O)[O-])cc1. The number of anilines is 3. The Bertz CT molecular complexity index is 768. The maximum atomic E-state index is 11.7. The summed E-state index contributed by atoms with van der Waals surface area (Å²) in [7, 11) is 0. The lowest BCUT2D eigenvalue weighted by molar-refractivity contribution is -0.383. The van der Waals surface area contributed by atoms with Crippen LogP contribution in [0.2, 0.25) is 0 Å². The summed E-state index contributed by atoms with van der Waals surface area (Å²) in [5.74, 6) is 0.939. The zero-order chi connectivity index (χ0) is 19.2. The predicted molar refractivity (Wildman–Crippen MR) is 108 cm³/mol. The van der Waals surface area contributed by atoms with Crippen LogP contribution in [0.1, 0.15) is 63.9 Å². The van der Waals surface area contributed by atoms with Crippen LogP contribution in [0.5, 0.6) is 0 Å². The van der Waals surface area contributed by atoms with Gasteiger partial charge in [0, 0.05) is 11.7 Å². The maximum absolute atomic E-state index is 11.7. The van der Waals surface area contributed by atoms with E-state index in [1.54, 1.807) is 0 Å². The van der Waals surface area contributed by atoms with Gasteiger partial charge in [-0.3, -0.25) is 10.1 Å². The summed E-state index contributed by atoms with van der Waals surface area (Å²) in [6, 6.07) is 8.09. The van der Waals surface area contributed by atoms with Crippen molar-refractivity contribution in [3.05, 3.63) is 46.3 Å². The second-order valence-electron chi connectivity index (χ2n) is 7.41. The Labute approximate surface area is 159 Å². The fraction of sp³-hybridized carbons (Fsp3) is 0.500. The van der Waals surface area contributed by atoms with E-state index in [4.69, 9.17) is 0 Å². The Morgan fingerprint density at radius 2 is 1.67 bits per heavy atom. The highest BCUT2D eigenvalue weighted by atomic mass is 16.6. The van der Waals surface area contributed by atoms with Crippen molar-refractivity contribution >= 4 is 23.0 Å². The minimum atomic E-state index is -0.413. The van der Waals surface area contributed by atoms with Gasteiger partial charge in [0.1, 0.15) is 6.33 Å². The van der Waals surface area contributed by atoms with Crippen LogP contribution < -0.4 is 10.6 Å². The fourth-order valence-corrected chi connectivity index (χ4v) is 3.45. The van der Waals surface area contributed by atoms with Crippen molar-refractivity contribution in [2.45, 2.75) is 64.3 Å². The molecule has 1 aliphatic rings. The molecular weight excluding hydrogens is 342 g/mol. The number of benzene rings is 1. The van der Waals surface area contributed by atoms with E-state index in [9.17, 15) is 10.1 Å². The molecule has 0 bridgehead atoms. The molecule has 0 radical (unpaired) electrons. The van der Waals surface area contributed by atoms with Crippen LogP contribution in [0.25, 0.3) is 0 Å². The Morgan fingerprint density at radius 3 is 2.26 bits per heavy atom. The van der Waals surface area contributed by atoms with E-state index in [0.29, 0.717) is 11.7 Å². The standard InChI is InChI=1S/C20H27N5O2/c1-14(2)15-9-11-17(12-10-15)24-20-18(25(26)27)19(21-13-22-20)23-16-7-5-3-4-6-8-16/h9-14,16H,3-8H2,1-2H3,(H2,21,22,23,24). The number of nitrogens with one attached hydrogen (secondary N) is 2. The van der Waals surface area contributed by atoms with Crippen molar-refractivity contribution in [3.8, 4) is 0 Å². The zero-order valence-electron chi connectivity index (χ0n) is 15.9. The summed E-state index contributed by atoms with van der Waals surface area (Å²) in [5.41, 5.74) is 1.88. The smallest absolute Gasteiger partial charge is 0.353 e. The monoisotopic (exact) mass is 369 g/mol. The molecule has 144 valence electrons. The summed E-state index contributed by atoms with van der Waals surface area (Å²) in [6.07, 6.45) is 8.14. The van der Waals surface area contributed by atoms with Crippen molar-refractivity contribution < 1.29 is 4.92 Å². The average molecular weight is 369 g/mol. The zero-order valence-corrected chi connectivity index (χ0v) is 15.9. The van der Waals surface area contributed by atoms with Gasteiger partial charge in [0.25, 0.3) is 0 Å². The van der Waals surface area contributed by atoms with Crippen molar-refractivity contribution in [2.75, 3.05) is 10.6 Å². The van der Waals surface area contributed by atoms with E-state index in [0.717, 1.165) is 31.4 Å². The third-order valence-corrected chi connectivity index (χ3v) is 5.04. The molecular formula is C20H27N5O2.